The smallest absolute Gasteiger partial charge is 0.243 e. The molecule has 0 aromatic heterocycles. The third-order valence-corrected chi connectivity index (χ3v) is 6.35. The number of ketones is 2. The summed E-state index contributed by atoms with van der Waals surface area (Å²) in [7, 11) is 4.81. The van der Waals surface area contributed by atoms with Crippen LogP contribution in [0.25, 0.3) is 0 Å². The molecule has 0 aliphatic heterocycles. The van der Waals surface area contributed by atoms with Gasteiger partial charge in [-0.3, -0.25) is 24.0 Å². The zero-order valence-electron chi connectivity index (χ0n) is 18.1. The van der Waals surface area contributed by atoms with E-state index in [9.17, 15) is 24.0 Å². The van der Waals surface area contributed by atoms with Crippen LogP contribution in [-0.2, 0) is 24.0 Å². The molecular weight excluding hydrogens is 408 g/mol. The van der Waals surface area contributed by atoms with Crippen molar-refractivity contribution in [1.29, 1.82) is 0 Å². The molecule has 1 aliphatic rings. The second-order valence-corrected chi connectivity index (χ2v) is 8.66. The van der Waals surface area contributed by atoms with Gasteiger partial charge in [-0.15, -0.1) is 0 Å². The first-order valence-electron chi connectivity index (χ1n) is 10.3. The van der Waals surface area contributed by atoms with E-state index in [1.165, 1.54) is 23.7 Å². The standard InChI is InChI=1S/C20H34N4O5S/c1-21-8-9-23-20(29)15(13-18(27)22-2)24(3)19(28)7-5-4-6-10-30-17-12-14(25)11-16(17)26/h15,17,21H,4-13H2,1-3H3,(H,22,27)(H,23,29)/t15-,17?/m0/s1. The first-order valence-corrected chi connectivity index (χ1v) is 11.4. The molecule has 1 aliphatic carbocycles. The largest absolute Gasteiger partial charge is 0.359 e. The molecule has 1 rings (SSSR count). The lowest BCUT2D eigenvalue weighted by Crippen LogP contribution is -2.50. The molecular formula is C20H34N4O5S. The van der Waals surface area contributed by atoms with E-state index in [1.54, 1.807) is 14.1 Å². The zero-order valence-corrected chi connectivity index (χ0v) is 18.9. The molecule has 10 heteroatoms. The molecule has 1 fully saturated rings. The molecule has 170 valence electrons. The predicted octanol–water partition coefficient (Wildman–Crippen LogP) is -0.121. The SMILES string of the molecule is CNCCNC(=O)[C@H](CC(=O)NC)N(C)C(=O)CCCCCSC1CC(=O)CC1=O. The van der Waals surface area contributed by atoms with Crippen molar-refractivity contribution in [3.63, 3.8) is 0 Å². The Morgan fingerprint density at radius 2 is 1.87 bits per heavy atom. The number of amides is 3. The van der Waals surface area contributed by atoms with E-state index in [2.05, 4.69) is 16.0 Å². The Balaban J connectivity index is 2.38. The number of nitrogens with one attached hydrogen (secondary N) is 3. The number of likely N-dealkylation sites (N-methyl/N-ethyl adjacent to an activating group) is 2. The summed E-state index contributed by atoms with van der Waals surface area (Å²) in [6.45, 7) is 1.00. The van der Waals surface area contributed by atoms with Gasteiger partial charge in [0.1, 0.15) is 11.8 Å². The van der Waals surface area contributed by atoms with Crippen LogP contribution in [0.15, 0.2) is 0 Å². The number of rotatable bonds is 14. The van der Waals surface area contributed by atoms with Crippen molar-refractivity contribution in [3.8, 4) is 0 Å². The lowest BCUT2D eigenvalue weighted by molar-refractivity contribution is -0.141. The number of carbonyl (C=O) groups excluding carboxylic acids is 5. The second kappa shape index (κ2) is 14.1. The maximum atomic E-state index is 12.5. The molecule has 1 unspecified atom stereocenters. The van der Waals surface area contributed by atoms with Crippen LogP contribution < -0.4 is 16.0 Å². The summed E-state index contributed by atoms with van der Waals surface area (Å²) in [5.41, 5.74) is 0. The van der Waals surface area contributed by atoms with Gasteiger partial charge in [0.25, 0.3) is 0 Å². The van der Waals surface area contributed by atoms with Crippen molar-refractivity contribution in [3.05, 3.63) is 0 Å². The van der Waals surface area contributed by atoms with Crippen molar-refractivity contribution in [2.24, 2.45) is 0 Å². The van der Waals surface area contributed by atoms with Gasteiger partial charge >= 0.3 is 0 Å². The van der Waals surface area contributed by atoms with E-state index in [0.717, 1.165) is 18.6 Å². The molecule has 0 saturated heterocycles. The fourth-order valence-electron chi connectivity index (χ4n) is 3.10. The van der Waals surface area contributed by atoms with Crippen LogP contribution >= 0.6 is 11.8 Å². The van der Waals surface area contributed by atoms with Gasteiger partial charge in [-0.1, -0.05) is 6.42 Å². The summed E-state index contributed by atoms with van der Waals surface area (Å²) in [5, 5.41) is 7.95. The van der Waals surface area contributed by atoms with E-state index in [-0.39, 0.29) is 53.8 Å². The minimum absolute atomic E-state index is 0.0208. The molecule has 30 heavy (non-hydrogen) atoms. The maximum absolute atomic E-state index is 12.5. The maximum Gasteiger partial charge on any atom is 0.243 e. The van der Waals surface area contributed by atoms with Gasteiger partial charge in [-0.2, -0.15) is 11.8 Å². The highest BCUT2D eigenvalue weighted by atomic mass is 32.2. The molecule has 3 N–H and O–H groups in total. The number of carbonyl (C=O) groups is 5. The van der Waals surface area contributed by atoms with E-state index < -0.39 is 6.04 Å². The highest BCUT2D eigenvalue weighted by Crippen LogP contribution is 2.25. The summed E-state index contributed by atoms with van der Waals surface area (Å²) in [4.78, 5) is 61.0. The topological polar surface area (TPSA) is 125 Å². The first-order chi connectivity index (χ1) is 14.3. The van der Waals surface area contributed by atoms with Gasteiger partial charge < -0.3 is 20.9 Å². The normalized spacial score (nSPS) is 17.0. The van der Waals surface area contributed by atoms with Crippen LogP contribution in [0.4, 0.5) is 0 Å². The van der Waals surface area contributed by atoms with E-state index in [0.29, 0.717) is 25.9 Å². The lowest BCUT2D eigenvalue weighted by Gasteiger charge is -2.27. The molecule has 0 aromatic rings. The van der Waals surface area contributed by atoms with E-state index in [4.69, 9.17) is 0 Å². The van der Waals surface area contributed by atoms with Crippen molar-refractivity contribution in [2.45, 2.75) is 56.2 Å². The van der Waals surface area contributed by atoms with Crippen LogP contribution in [0.1, 0.15) is 44.9 Å². The monoisotopic (exact) mass is 442 g/mol. The lowest BCUT2D eigenvalue weighted by atomic mass is 10.1. The Bertz CT molecular complexity index is 628. The Kier molecular flexibility index (Phi) is 12.3. The number of hydrogen-bond acceptors (Lipinski definition) is 7. The van der Waals surface area contributed by atoms with Crippen molar-refractivity contribution >= 4 is 41.0 Å². The van der Waals surface area contributed by atoms with Gasteiger partial charge in [0.2, 0.25) is 17.7 Å². The molecule has 0 bridgehead atoms. The first kappa shape index (κ1) is 26.1. The molecule has 1 saturated carbocycles. The van der Waals surface area contributed by atoms with Gasteiger partial charge in [-0.05, 0) is 25.6 Å². The predicted molar refractivity (Wildman–Crippen MR) is 116 cm³/mol. The van der Waals surface area contributed by atoms with Crippen LogP contribution in [0, 0.1) is 0 Å². The highest BCUT2D eigenvalue weighted by molar-refractivity contribution is 8.00. The molecule has 0 heterocycles. The van der Waals surface area contributed by atoms with Crippen LogP contribution in [0.2, 0.25) is 0 Å². The number of thioether (sulfide) groups is 1. The van der Waals surface area contributed by atoms with Crippen molar-refractivity contribution in [2.75, 3.05) is 40.0 Å². The molecule has 0 aromatic carbocycles. The number of unbranched alkanes of at least 4 members (excludes halogenated alkanes) is 2. The third kappa shape index (κ3) is 9.25. The number of hydrogen-bond donors (Lipinski definition) is 3. The van der Waals surface area contributed by atoms with E-state index in [1.807, 2.05) is 0 Å². The van der Waals surface area contributed by atoms with Gasteiger partial charge in [0.05, 0.1) is 18.1 Å². The zero-order chi connectivity index (χ0) is 22.5. The second-order valence-electron chi connectivity index (χ2n) is 7.35. The summed E-state index contributed by atoms with van der Waals surface area (Å²) in [6, 6.07) is -0.851. The average molecular weight is 443 g/mol. The molecule has 3 amide bonds. The van der Waals surface area contributed by atoms with Gasteiger partial charge in [0, 0.05) is 40.0 Å². The van der Waals surface area contributed by atoms with Gasteiger partial charge in [-0.25, -0.2) is 0 Å². The Morgan fingerprint density at radius 3 is 2.47 bits per heavy atom. The molecule has 0 spiro atoms. The summed E-state index contributed by atoms with van der Waals surface area (Å²) >= 11 is 1.52. The molecule has 0 radical (unpaired) electrons. The van der Waals surface area contributed by atoms with Crippen LogP contribution in [0.5, 0.6) is 0 Å². The molecule has 2 atom stereocenters. The Morgan fingerprint density at radius 1 is 1.13 bits per heavy atom. The average Bonchev–Trinajstić information content (AvgIpc) is 3.04. The Hall–Kier alpha value is -1.94. The fraction of sp³-hybridized carbons (Fsp3) is 0.750. The van der Waals surface area contributed by atoms with Crippen LogP contribution in [0.3, 0.4) is 0 Å². The number of Topliss-reactive ketones (excluding diaryl/α,β-unsaturated/α-hetero) is 2. The van der Waals surface area contributed by atoms with Crippen molar-refractivity contribution < 1.29 is 24.0 Å². The van der Waals surface area contributed by atoms with Crippen molar-refractivity contribution in [1.82, 2.24) is 20.9 Å². The Labute approximate surface area is 182 Å². The minimum Gasteiger partial charge on any atom is -0.359 e. The van der Waals surface area contributed by atoms with Gasteiger partial charge in [0.15, 0.2) is 5.78 Å². The fourth-order valence-corrected chi connectivity index (χ4v) is 4.32. The quantitative estimate of drug-likeness (QED) is 0.253. The number of nitrogens with zero attached hydrogens (tertiary/aromatic N) is 1. The summed E-state index contributed by atoms with van der Waals surface area (Å²) in [6.07, 6.45) is 2.94. The highest BCUT2D eigenvalue weighted by Gasteiger charge is 2.31. The summed E-state index contributed by atoms with van der Waals surface area (Å²) in [5.74, 6) is -0.0144. The van der Waals surface area contributed by atoms with E-state index >= 15 is 0 Å². The van der Waals surface area contributed by atoms with Crippen LogP contribution in [-0.4, -0.2) is 85.5 Å². The third-order valence-electron chi connectivity index (χ3n) is 4.99. The molecule has 9 nitrogen and oxygen atoms in total. The summed E-state index contributed by atoms with van der Waals surface area (Å²) < 4.78 is 0. The minimum atomic E-state index is -0.851.